The molecule has 11 heteroatoms. The quantitative estimate of drug-likeness (QED) is 0.551. The molecule has 4 rings (SSSR count). The molecular formula is C20H18ClN3O4S3. The highest BCUT2D eigenvalue weighted by Gasteiger charge is 2.38. The lowest BCUT2D eigenvalue weighted by Gasteiger charge is -2.22. The summed E-state index contributed by atoms with van der Waals surface area (Å²) in [4.78, 5) is 0.989. The second-order valence-electron chi connectivity index (χ2n) is 6.97. The second kappa shape index (κ2) is 8.27. The van der Waals surface area contributed by atoms with Crippen LogP contribution in [-0.2, 0) is 20.0 Å². The van der Waals surface area contributed by atoms with Crippen LogP contribution < -0.4 is 4.72 Å². The molecule has 1 aliphatic rings. The number of anilines is 1. The first-order valence-electron chi connectivity index (χ1n) is 9.12. The Morgan fingerprint density at radius 1 is 1.03 bits per heavy atom. The monoisotopic (exact) mass is 495 g/mol. The number of hydrogen-bond donors (Lipinski definition) is 1. The third-order valence-electron chi connectivity index (χ3n) is 4.62. The molecule has 3 aromatic rings. The summed E-state index contributed by atoms with van der Waals surface area (Å²) in [6, 6.07) is 16.0. The van der Waals surface area contributed by atoms with Gasteiger partial charge in [0.2, 0.25) is 10.0 Å². The number of halogens is 1. The van der Waals surface area contributed by atoms with Gasteiger partial charge in [-0.3, -0.25) is 4.72 Å². The van der Waals surface area contributed by atoms with Gasteiger partial charge in [-0.15, -0.1) is 11.3 Å². The Hall–Kier alpha value is -2.40. The van der Waals surface area contributed by atoms with E-state index in [-0.39, 0.29) is 4.90 Å². The van der Waals surface area contributed by atoms with Crippen LogP contribution in [0.4, 0.5) is 5.69 Å². The zero-order chi connectivity index (χ0) is 22.2. The van der Waals surface area contributed by atoms with Gasteiger partial charge in [0.05, 0.1) is 16.9 Å². The van der Waals surface area contributed by atoms with Gasteiger partial charge in [-0.25, -0.2) is 8.42 Å². The van der Waals surface area contributed by atoms with Crippen molar-refractivity contribution in [2.45, 2.75) is 17.4 Å². The van der Waals surface area contributed by atoms with Gasteiger partial charge in [0.25, 0.3) is 10.0 Å². The van der Waals surface area contributed by atoms with E-state index in [0.29, 0.717) is 22.8 Å². The van der Waals surface area contributed by atoms with Crippen molar-refractivity contribution < 1.29 is 16.8 Å². The minimum Gasteiger partial charge on any atom is -0.284 e. The molecule has 0 bridgehead atoms. The SMILES string of the molecule is CS(=O)(=O)Nc1ccc(C2=NN(S(=O)(=O)c3ccc(Cl)cc3)[C@H](c3cccs3)C2)cc1. The fourth-order valence-corrected chi connectivity index (χ4v) is 6.23. The Morgan fingerprint density at radius 3 is 2.29 bits per heavy atom. The molecule has 0 amide bonds. The number of thiophene rings is 1. The van der Waals surface area contributed by atoms with E-state index < -0.39 is 26.1 Å². The van der Waals surface area contributed by atoms with Crippen LogP contribution in [0.1, 0.15) is 22.9 Å². The largest absolute Gasteiger partial charge is 0.284 e. The van der Waals surface area contributed by atoms with Gasteiger partial charge in [-0.2, -0.15) is 17.9 Å². The third-order valence-corrected chi connectivity index (χ3v) is 8.15. The fourth-order valence-electron chi connectivity index (χ4n) is 3.24. The summed E-state index contributed by atoms with van der Waals surface area (Å²) >= 11 is 7.38. The topological polar surface area (TPSA) is 95.9 Å². The van der Waals surface area contributed by atoms with Crippen molar-refractivity contribution in [3.8, 4) is 0 Å². The molecule has 7 nitrogen and oxygen atoms in total. The lowest BCUT2D eigenvalue weighted by molar-refractivity contribution is 0.375. The van der Waals surface area contributed by atoms with Crippen molar-refractivity contribution >= 4 is 54.4 Å². The Labute approximate surface area is 190 Å². The molecule has 0 saturated heterocycles. The van der Waals surface area contributed by atoms with Crippen LogP contribution in [0, 0.1) is 0 Å². The maximum absolute atomic E-state index is 13.3. The summed E-state index contributed by atoms with van der Waals surface area (Å²) in [6.45, 7) is 0. The van der Waals surface area contributed by atoms with E-state index in [4.69, 9.17) is 11.6 Å². The van der Waals surface area contributed by atoms with E-state index in [9.17, 15) is 16.8 Å². The first-order valence-corrected chi connectivity index (χ1v) is 13.7. The summed E-state index contributed by atoms with van der Waals surface area (Å²) in [5.41, 5.74) is 1.74. The van der Waals surface area contributed by atoms with E-state index in [0.717, 1.165) is 21.1 Å². The number of nitrogens with one attached hydrogen (secondary N) is 1. The Balaban J connectivity index is 1.71. The van der Waals surface area contributed by atoms with Crippen LogP contribution in [0.2, 0.25) is 5.02 Å². The minimum absolute atomic E-state index is 0.108. The molecule has 0 aliphatic carbocycles. The number of hydrazone groups is 1. The van der Waals surface area contributed by atoms with E-state index in [2.05, 4.69) is 9.82 Å². The third kappa shape index (κ3) is 4.77. The predicted molar refractivity (Wildman–Crippen MR) is 124 cm³/mol. The lowest BCUT2D eigenvalue weighted by atomic mass is 10.0. The summed E-state index contributed by atoms with van der Waals surface area (Å²) < 4.78 is 53.1. The molecule has 162 valence electrons. The maximum atomic E-state index is 13.3. The van der Waals surface area contributed by atoms with Gasteiger partial charge in [0, 0.05) is 22.0 Å². The Morgan fingerprint density at radius 2 is 1.71 bits per heavy atom. The van der Waals surface area contributed by atoms with Gasteiger partial charge in [-0.05, 0) is 53.4 Å². The fraction of sp³-hybridized carbons (Fsp3) is 0.150. The molecule has 1 N–H and O–H groups in total. The average Bonchev–Trinajstić information content (AvgIpc) is 3.38. The second-order valence-corrected chi connectivity index (χ2v) is 11.9. The molecule has 1 aromatic heterocycles. The number of sulfonamides is 2. The van der Waals surface area contributed by atoms with Crippen molar-refractivity contribution in [3.63, 3.8) is 0 Å². The summed E-state index contributed by atoms with van der Waals surface area (Å²) in [5, 5.41) is 6.81. The average molecular weight is 496 g/mol. The van der Waals surface area contributed by atoms with Crippen LogP contribution in [0.3, 0.4) is 0 Å². The van der Waals surface area contributed by atoms with E-state index in [1.165, 1.54) is 35.6 Å². The van der Waals surface area contributed by atoms with E-state index in [1.807, 2.05) is 17.5 Å². The molecule has 1 atom stereocenters. The molecular weight excluding hydrogens is 478 g/mol. The standard InChI is InChI=1S/C20H18ClN3O4S3/c1-30(25,26)23-16-8-4-14(5-9-16)18-13-19(20-3-2-12-29-20)24(22-18)31(27,28)17-10-6-15(21)7-11-17/h2-12,19,23H,13H2,1H3/t19-/m0/s1. The summed E-state index contributed by atoms with van der Waals surface area (Å²) in [5.74, 6) is 0. The van der Waals surface area contributed by atoms with E-state index in [1.54, 1.807) is 24.3 Å². The normalized spacial score (nSPS) is 16.9. The molecule has 0 radical (unpaired) electrons. The van der Waals surface area contributed by atoms with Gasteiger partial charge in [0.1, 0.15) is 6.04 Å². The molecule has 0 saturated carbocycles. The van der Waals surface area contributed by atoms with Crippen LogP contribution in [-0.4, -0.2) is 33.2 Å². The number of nitrogens with zero attached hydrogens (tertiary/aromatic N) is 2. The van der Waals surface area contributed by atoms with Gasteiger partial charge >= 0.3 is 0 Å². The van der Waals surface area contributed by atoms with Crippen molar-refractivity contribution in [3.05, 3.63) is 81.5 Å². The molecule has 2 aromatic carbocycles. The maximum Gasteiger partial charge on any atom is 0.279 e. The van der Waals surface area contributed by atoms with Crippen molar-refractivity contribution in [1.82, 2.24) is 4.41 Å². The first kappa shape index (κ1) is 21.8. The van der Waals surface area contributed by atoms with Crippen LogP contribution in [0.15, 0.2) is 76.0 Å². The number of benzene rings is 2. The smallest absolute Gasteiger partial charge is 0.279 e. The summed E-state index contributed by atoms with van der Waals surface area (Å²) in [6.07, 6.45) is 1.47. The first-order chi connectivity index (χ1) is 14.6. The zero-order valence-corrected chi connectivity index (χ0v) is 19.5. The Bertz CT molecular complexity index is 1320. The number of rotatable bonds is 6. The Kier molecular flexibility index (Phi) is 5.82. The van der Waals surface area contributed by atoms with Crippen LogP contribution in [0.5, 0.6) is 0 Å². The van der Waals surface area contributed by atoms with Crippen molar-refractivity contribution in [1.29, 1.82) is 0 Å². The van der Waals surface area contributed by atoms with Crippen molar-refractivity contribution in [2.24, 2.45) is 5.10 Å². The van der Waals surface area contributed by atoms with Crippen LogP contribution >= 0.6 is 22.9 Å². The van der Waals surface area contributed by atoms with Gasteiger partial charge in [0.15, 0.2) is 0 Å². The van der Waals surface area contributed by atoms with Crippen molar-refractivity contribution in [2.75, 3.05) is 11.0 Å². The van der Waals surface area contributed by atoms with E-state index >= 15 is 0 Å². The highest BCUT2D eigenvalue weighted by molar-refractivity contribution is 7.92. The molecule has 31 heavy (non-hydrogen) atoms. The molecule has 0 unspecified atom stereocenters. The highest BCUT2D eigenvalue weighted by atomic mass is 35.5. The predicted octanol–water partition coefficient (Wildman–Crippen LogP) is 4.31. The molecule has 0 spiro atoms. The zero-order valence-electron chi connectivity index (χ0n) is 16.3. The summed E-state index contributed by atoms with van der Waals surface area (Å²) in [7, 11) is -7.29. The van der Waals surface area contributed by atoms with Crippen LogP contribution in [0.25, 0.3) is 0 Å². The lowest BCUT2D eigenvalue weighted by Crippen LogP contribution is -2.26. The van der Waals surface area contributed by atoms with Gasteiger partial charge in [-0.1, -0.05) is 29.8 Å². The van der Waals surface area contributed by atoms with Gasteiger partial charge < -0.3 is 0 Å². The molecule has 0 fully saturated rings. The molecule has 2 heterocycles. The number of hydrogen-bond acceptors (Lipinski definition) is 6. The molecule has 1 aliphatic heterocycles. The highest BCUT2D eigenvalue weighted by Crippen LogP contribution is 2.39. The minimum atomic E-state index is -3.90.